The number of benzene rings is 1. The molecular formula is C13H18FNO2. The summed E-state index contributed by atoms with van der Waals surface area (Å²) >= 11 is 0. The summed E-state index contributed by atoms with van der Waals surface area (Å²) in [4.78, 5) is 11.3. The molecule has 0 heterocycles. The lowest BCUT2D eigenvalue weighted by atomic mass is 10.1. The van der Waals surface area contributed by atoms with Crippen molar-refractivity contribution in [2.45, 2.75) is 33.2 Å². The second kappa shape index (κ2) is 6.23. The molecule has 4 heteroatoms. The van der Waals surface area contributed by atoms with Crippen LogP contribution in [-0.4, -0.2) is 18.6 Å². The second-order valence-corrected chi connectivity index (χ2v) is 4.01. The van der Waals surface area contributed by atoms with Gasteiger partial charge >= 0.3 is 5.97 Å². The molecule has 1 atom stereocenters. The minimum absolute atomic E-state index is 0.0433. The van der Waals surface area contributed by atoms with E-state index in [1.807, 2.05) is 13.8 Å². The fourth-order valence-electron chi connectivity index (χ4n) is 1.58. The fourth-order valence-corrected chi connectivity index (χ4v) is 1.58. The lowest BCUT2D eigenvalue weighted by molar-refractivity contribution is -0.143. The van der Waals surface area contributed by atoms with Crippen molar-refractivity contribution in [3.8, 4) is 0 Å². The number of nitrogens with one attached hydrogen (secondary N) is 1. The molecule has 1 unspecified atom stereocenters. The van der Waals surface area contributed by atoms with Gasteiger partial charge in [0.15, 0.2) is 0 Å². The zero-order valence-electron chi connectivity index (χ0n) is 10.4. The SMILES string of the molecule is CCOC(=O)CC(C)Nc1ccc(F)cc1C. The predicted molar refractivity (Wildman–Crippen MR) is 65.5 cm³/mol. The Balaban J connectivity index is 2.55. The molecule has 1 rings (SSSR count). The Morgan fingerprint density at radius 3 is 2.82 bits per heavy atom. The standard InChI is InChI=1S/C13H18FNO2/c1-4-17-13(16)8-10(3)15-12-6-5-11(14)7-9(12)2/h5-7,10,15H,4,8H2,1-3H3. The van der Waals surface area contributed by atoms with Crippen molar-refractivity contribution in [2.24, 2.45) is 0 Å². The van der Waals surface area contributed by atoms with Gasteiger partial charge in [-0.1, -0.05) is 0 Å². The number of carbonyl (C=O) groups is 1. The number of anilines is 1. The Labute approximate surface area is 101 Å². The smallest absolute Gasteiger partial charge is 0.307 e. The van der Waals surface area contributed by atoms with E-state index in [1.165, 1.54) is 12.1 Å². The van der Waals surface area contributed by atoms with E-state index in [0.29, 0.717) is 13.0 Å². The minimum Gasteiger partial charge on any atom is -0.466 e. The summed E-state index contributed by atoms with van der Waals surface area (Å²) in [7, 11) is 0. The van der Waals surface area contributed by atoms with E-state index in [1.54, 1.807) is 13.0 Å². The van der Waals surface area contributed by atoms with Gasteiger partial charge in [0, 0.05) is 11.7 Å². The van der Waals surface area contributed by atoms with Gasteiger partial charge in [0.1, 0.15) is 5.82 Å². The van der Waals surface area contributed by atoms with Crippen molar-refractivity contribution in [1.29, 1.82) is 0 Å². The number of hydrogen-bond donors (Lipinski definition) is 1. The summed E-state index contributed by atoms with van der Waals surface area (Å²) in [6.07, 6.45) is 0.296. The average Bonchev–Trinajstić information content (AvgIpc) is 2.22. The predicted octanol–water partition coefficient (Wildman–Crippen LogP) is 2.89. The van der Waals surface area contributed by atoms with Crippen molar-refractivity contribution in [2.75, 3.05) is 11.9 Å². The van der Waals surface area contributed by atoms with Crippen molar-refractivity contribution in [1.82, 2.24) is 0 Å². The molecular weight excluding hydrogens is 221 g/mol. The van der Waals surface area contributed by atoms with Gasteiger partial charge in [0.05, 0.1) is 13.0 Å². The van der Waals surface area contributed by atoms with Crippen LogP contribution >= 0.6 is 0 Å². The number of hydrogen-bond acceptors (Lipinski definition) is 3. The minimum atomic E-state index is -0.258. The molecule has 0 aliphatic rings. The quantitative estimate of drug-likeness (QED) is 0.803. The van der Waals surface area contributed by atoms with Crippen LogP contribution in [0.5, 0.6) is 0 Å². The molecule has 0 amide bonds. The molecule has 0 bridgehead atoms. The van der Waals surface area contributed by atoms with Crippen LogP contribution in [0.1, 0.15) is 25.8 Å². The summed E-state index contributed by atoms with van der Waals surface area (Å²) in [6.45, 7) is 5.88. The van der Waals surface area contributed by atoms with Crippen LogP contribution < -0.4 is 5.32 Å². The molecule has 0 aromatic heterocycles. The van der Waals surface area contributed by atoms with E-state index >= 15 is 0 Å². The van der Waals surface area contributed by atoms with Gasteiger partial charge in [-0.05, 0) is 44.5 Å². The third-order valence-electron chi connectivity index (χ3n) is 2.37. The van der Waals surface area contributed by atoms with Crippen LogP contribution in [0.25, 0.3) is 0 Å². The Morgan fingerprint density at radius 2 is 2.24 bits per heavy atom. The Bertz CT molecular complexity index is 393. The van der Waals surface area contributed by atoms with Crippen molar-refractivity contribution in [3.63, 3.8) is 0 Å². The molecule has 0 radical (unpaired) electrons. The fraction of sp³-hybridized carbons (Fsp3) is 0.462. The zero-order valence-corrected chi connectivity index (χ0v) is 10.4. The lowest BCUT2D eigenvalue weighted by Crippen LogP contribution is -2.21. The maximum atomic E-state index is 12.9. The number of ether oxygens (including phenoxy) is 1. The van der Waals surface area contributed by atoms with Crippen molar-refractivity contribution in [3.05, 3.63) is 29.6 Å². The Hall–Kier alpha value is -1.58. The summed E-state index contributed by atoms with van der Waals surface area (Å²) in [5.74, 6) is -0.488. The van der Waals surface area contributed by atoms with E-state index in [2.05, 4.69) is 5.32 Å². The molecule has 1 aromatic carbocycles. The van der Waals surface area contributed by atoms with Crippen LogP contribution in [-0.2, 0) is 9.53 Å². The third-order valence-corrected chi connectivity index (χ3v) is 2.37. The molecule has 0 aliphatic carbocycles. The van der Waals surface area contributed by atoms with Crippen LogP contribution in [0.2, 0.25) is 0 Å². The number of aryl methyl sites for hydroxylation is 1. The first-order chi connectivity index (χ1) is 8.02. The summed E-state index contributed by atoms with van der Waals surface area (Å²) in [5, 5.41) is 3.16. The highest BCUT2D eigenvalue weighted by atomic mass is 19.1. The van der Waals surface area contributed by atoms with E-state index in [4.69, 9.17) is 4.74 Å². The molecule has 0 aliphatic heterocycles. The van der Waals surface area contributed by atoms with Gasteiger partial charge in [-0.25, -0.2) is 4.39 Å². The Kier molecular flexibility index (Phi) is 4.94. The van der Waals surface area contributed by atoms with Crippen LogP contribution in [0.15, 0.2) is 18.2 Å². The summed E-state index contributed by atoms with van der Waals surface area (Å²) < 4.78 is 17.8. The first-order valence-corrected chi connectivity index (χ1v) is 5.71. The highest BCUT2D eigenvalue weighted by Crippen LogP contribution is 2.17. The van der Waals surface area contributed by atoms with Gasteiger partial charge in [-0.3, -0.25) is 4.79 Å². The van der Waals surface area contributed by atoms with Crippen LogP contribution in [0, 0.1) is 12.7 Å². The molecule has 17 heavy (non-hydrogen) atoms. The highest BCUT2D eigenvalue weighted by Gasteiger charge is 2.10. The second-order valence-electron chi connectivity index (χ2n) is 4.01. The number of esters is 1. The van der Waals surface area contributed by atoms with Crippen molar-refractivity contribution >= 4 is 11.7 Å². The topological polar surface area (TPSA) is 38.3 Å². The van der Waals surface area contributed by atoms with Crippen molar-refractivity contribution < 1.29 is 13.9 Å². The van der Waals surface area contributed by atoms with E-state index in [-0.39, 0.29) is 17.8 Å². The number of halogens is 1. The average molecular weight is 239 g/mol. The molecule has 0 saturated carbocycles. The molecule has 0 spiro atoms. The van der Waals surface area contributed by atoms with E-state index < -0.39 is 0 Å². The summed E-state index contributed by atoms with van der Waals surface area (Å²) in [6, 6.07) is 4.48. The van der Waals surface area contributed by atoms with Gasteiger partial charge in [0.2, 0.25) is 0 Å². The van der Waals surface area contributed by atoms with E-state index in [9.17, 15) is 9.18 Å². The largest absolute Gasteiger partial charge is 0.466 e. The highest BCUT2D eigenvalue weighted by molar-refractivity contribution is 5.70. The maximum absolute atomic E-state index is 12.9. The molecule has 0 fully saturated rings. The molecule has 94 valence electrons. The first kappa shape index (κ1) is 13.5. The van der Waals surface area contributed by atoms with Gasteiger partial charge in [-0.15, -0.1) is 0 Å². The van der Waals surface area contributed by atoms with Gasteiger partial charge in [0.25, 0.3) is 0 Å². The van der Waals surface area contributed by atoms with Crippen LogP contribution in [0.4, 0.5) is 10.1 Å². The molecule has 3 nitrogen and oxygen atoms in total. The van der Waals surface area contributed by atoms with E-state index in [0.717, 1.165) is 11.3 Å². The molecule has 0 saturated heterocycles. The molecule has 1 N–H and O–H groups in total. The van der Waals surface area contributed by atoms with Crippen LogP contribution in [0.3, 0.4) is 0 Å². The third kappa shape index (κ3) is 4.43. The van der Waals surface area contributed by atoms with Gasteiger partial charge < -0.3 is 10.1 Å². The lowest BCUT2D eigenvalue weighted by Gasteiger charge is -2.16. The normalized spacial score (nSPS) is 12.0. The number of carbonyl (C=O) groups excluding carboxylic acids is 1. The van der Waals surface area contributed by atoms with Gasteiger partial charge in [-0.2, -0.15) is 0 Å². The zero-order chi connectivity index (χ0) is 12.8. The maximum Gasteiger partial charge on any atom is 0.307 e. The monoisotopic (exact) mass is 239 g/mol. The first-order valence-electron chi connectivity index (χ1n) is 5.71. The Morgan fingerprint density at radius 1 is 1.53 bits per heavy atom. The number of rotatable bonds is 5. The summed E-state index contributed by atoms with van der Waals surface area (Å²) in [5.41, 5.74) is 1.66. The molecule has 1 aromatic rings.